The number of benzene rings is 2. The minimum absolute atomic E-state index is 0.0789. The molecule has 2 aromatic carbocycles. The van der Waals surface area contributed by atoms with Crippen LogP contribution in [0.25, 0.3) is 0 Å². The Kier molecular flexibility index (Phi) is 6.94. The fourth-order valence-corrected chi connectivity index (χ4v) is 3.33. The molecule has 0 aliphatic carbocycles. The molecule has 0 spiro atoms. The zero-order valence-corrected chi connectivity index (χ0v) is 16.2. The van der Waals surface area contributed by atoms with Gasteiger partial charge in [0.05, 0.1) is 12.8 Å². The summed E-state index contributed by atoms with van der Waals surface area (Å²) in [5, 5.41) is 4.05. The highest BCUT2D eigenvalue weighted by Gasteiger charge is 2.18. The second kappa shape index (κ2) is 9.62. The maximum Gasteiger partial charge on any atom is 0.254 e. The topological polar surface area (TPSA) is 47.9 Å². The van der Waals surface area contributed by atoms with Crippen molar-refractivity contribution in [2.45, 2.75) is 6.54 Å². The molecule has 0 atom stereocenters. The molecule has 0 bridgehead atoms. The van der Waals surface area contributed by atoms with E-state index in [0.29, 0.717) is 6.54 Å². The van der Waals surface area contributed by atoms with E-state index in [1.807, 2.05) is 30.3 Å². The summed E-state index contributed by atoms with van der Waals surface area (Å²) < 4.78 is 0.951. The van der Waals surface area contributed by atoms with E-state index in [-0.39, 0.29) is 5.91 Å². The molecule has 1 amide bonds. The number of carbonyl (C=O) groups is 1. The van der Waals surface area contributed by atoms with Crippen LogP contribution in [0.3, 0.4) is 0 Å². The molecule has 0 saturated carbocycles. The van der Waals surface area contributed by atoms with Crippen LogP contribution in [0.4, 0.5) is 0 Å². The Labute approximate surface area is 162 Å². The predicted molar refractivity (Wildman–Crippen MR) is 108 cm³/mol. The molecule has 136 valence electrons. The molecule has 0 unspecified atom stereocenters. The zero-order chi connectivity index (χ0) is 18.2. The van der Waals surface area contributed by atoms with Gasteiger partial charge in [-0.05, 0) is 11.6 Å². The first-order valence-electron chi connectivity index (χ1n) is 8.76. The Morgan fingerprint density at radius 3 is 2.38 bits per heavy atom. The molecular weight excluding hydrogens is 392 g/mol. The normalized spacial score (nSPS) is 16.0. The van der Waals surface area contributed by atoms with Crippen LogP contribution in [-0.2, 0) is 11.3 Å². The number of hydrazone groups is 1. The van der Waals surface area contributed by atoms with Crippen LogP contribution in [0.15, 0.2) is 64.2 Å². The lowest BCUT2D eigenvalue weighted by Gasteiger charge is -2.34. The van der Waals surface area contributed by atoms with Gasteiger partial charge in [-0.25, -0.2) is 5.43 Å². The summed E-state index contributed by atoms with van der Waals surface area (Å²) in [6.07, 6.45) is 1.65. The van der Waals surface area contributed by atoms with Gasteiger partial charge in [0.25, 0.3) is 5.91 Å². The molecule has 26 heavy (non-hydrogen) atoms. The summed E-state index contributed by atoms with van der Waals surface area (Å²) in [5.41, 5.74) is 4.88. The van der Waals surface area contributed by atoms with E-state index in [9.17, 15) is 4.79 Å². The van der Waals surface area contributed by atoms with E-state index in [1.54, 1.807) is 6.21 Å². The van der Waals surface area contributed by atoms with Gasteiger partial charge in [0, 0.05) is 42.8 Å². The van der Waals surface area contributed by atoms with Gasteiger partial charge in [-0.1, -0.05) is 64.5 Å². The maximum atomic E-state index is 12.1. The van der Waals surface area contributed by atoms with Gasteiger partial charge in [-0.15, -0.1) is 0 Å². The van der Waals surface area contributed by atoms with Crippen LogP contribution in [0.5, 0.6) is 0 Å². The van der Waals surface area contributed by atoms with Crippen LogP contribution in [0.2, 0.25) is 0 Å². The first-order valence-corrected chi connectivity index (χ1v) is 9.55. The lowest BCUT2D eigenvalue weighted by molar-refractivity contribution is -0.122. The fraction of sp³-hybridized carbons (Fsp3) is 0.300. The predicted octanol–water partition coefficient (Wildman–Crippen LogP) is 2.72. The fourth-order valence-electron chi connectivity index (χ4n) is 2.94. The minimum atomic E-state index is -0.0789. The van der Waals surface area contributed by atoms with Crippen LogP contribution in [0.1, 0.15) is 11.1 Å². The van der Waals surface area contributed by atoms with Gasteiger partial charge in [0.15, 0.2) is 0 Å². The first-order chi connectivity index (χ1) is 12.7. The molecule has 0 radical (unpaired) electrons. The highest BCUT2D eigenvalue weighted by atomic mass is 79.9. The summed E-state index contributed by atoms with van der Waals surface area (Å²) in [7, 11) is 0. The van der Waals surface area contributed by atoms with Gasteiger partial charge < -0.3 is 0 Å². The second-order valence-electron chi connectivity index (χ2n) is 6.35. The van der Waals surface area contributed by atoms with Crippen molar-refractivity contribution in [1.29, 1.82) is 0 Å². The molecule has 3 rings (SSSR count). The number of carbonyl (C=O) groups excluding carboxylic acids is 1. The molecule has 0 aromatic heterocycles. The highest BCUT2D eigenvalue weighted by molar-refractivity contribution is 9.10. The minimum Gasteiger partial charge on any atom is -0.297 e. The first kappa shape index (κ1) is 18.8. The zero-order valence-electron chi connectivity index (χ0n) is 14.6. The van der Waals surface area contributed by atoms with Crippen LogP contribution in [0, 0.1) is 0 Å². The van der Waals surface area contributed by atoms with Gasteiger partial charge in [-0.3, -0.25) is 14.6 Å². The van der Waals surface area contributed by atoms with Crippen molar-refractivity contribution in [2.75, 3.05) is 32.7 Å². The van der Waals surface area contributed by atoms with Crippen molar-refractivity contribution in [3.8, 4) is 0 Å². The molecule has 1 saturated heterocycles. The molecule has 5 nitrogen and oxygen atoms in total. The van der Waals surface area contributed by atoms with Crippen molar-refractivity contribution >= 4 is 28.1 Å². The van der Waals surface area contributed by atoms with E-state index >= 15 is 0 Å². The van der Waals surface area contributed by atoms with Crippen molar-refractivity contribution in [2.24, 2.45) is 5.10 Å². The lowest BCUT2D eigenvalue weighted by atomic mass is 10.2. The van der Waals surface area contributed by atoms with Gasteiger partial charge in [-0.2, -0.15) is 5.10 Å². The Morgan fingerprint density at radius 1 is 1.00 bits per heavy atom. The number of rotatable bonds is 6. The number of amides is 1. The lowest BCUT2D eigenvalue weighted by Crippen LogP contribution is -2.48. The largest absolute Gasteiger partial charge is 0.297 e. The van der Waals surface area contributed by atoms with Gasteiger partial charge in [0.1, 0.15) is 0 Å². The Bertz CT molecular complexity index is 742. The van der Waals surface area contributed by atoms with E-state index in [1.165, 1.54) is 5.56 Å². The van der Waals surface area contributed by atoms with Gasteiger partial charge >= 0.3 is 0 Å². The maximum absolute atomic E-state index is 12.1. The molecule has 1 aliphatic heterocycles. The number of halogens is 1. The van der Waals surface area contributed by atoms with E-state index in [4.69, 9.17) is 0 Å². The Morgan fingerprint density at radius 2 is 1.65 bits per heavy atom. The standard InChI is InChI=1S/C20H23BrN4O/c21-19-9-5-4-8-18(19)14-22-23-20(26)16-25-12-10-24(11-13-25)15-17-6-2-1-3-7-17/h1-9,14H,10-13,15-16H2,(H,23,26)/b22-14-. The van der Waals surface area contributed by atoms with Crippen molar-refractivity contribution in [1.82, 2.24) is 15.2 Å². The van der Waals surface area contributed by atoms with Crippen molar-refractivity contribution < 1.29 is 4.79 Å². The summed E-state index contributed by atoms with van der Waals surface area (Å²) in [4.78, 5) is 16.7. The molecular formula is C20H23BrN4O. The molecule has 2 aromatic rings. The number of nitrogens with one attached hydrogen (secondary N) is 1. The van der Waals surface area contributed by atoms with Crippen LogP contribution >= 0.6 is 15.9 Å². The quantitative estimate of drug-likeness (QED) is 0.583. The Hall–Kier alpha value is -2.02. The SMILES string of the molecule is O=C(CN1CCN(Cc2ccccc2)CC1)N/N=C\c1ccccc1Br. The smallest absolute Gasteiger partial charge is 0.254 e. The molecule has 1 aliphatic rings. The third kappa shape index (κ3) is 5.76. The number of nitrogens with zero attached hydrogens (tertiary/aromatic N) is 3. The number of hydrogen-bond donors (Lipinski definition) is 1. The highest BCUT2D eigenvalue weighted by Crippen LogP contribution is 2.13. The number of piperazine rings is 1. The van der Waals surface area contributed by atoms with E-state index in [2.05, 4.69) is 60.5 Å². The summed E-state index contributed by atoms with van der Waals surface area (Å²) in [6.45, 7) is 5.09. The van der Waals surface area contributed by atoms with Gasteiger partial charge in [0.2, 0.25) is 0 Å². The Balaban J connectivity index is 1.39. The molecule has 1 heterocycles. The number of hydrogen-bond acceptors (Lipinski definition) is 4. The monoisotopic (exact) mass is 414 g/mol. The average molecular weight is 415 g/mol. The van der Waals surface area contributed by atoms with Crippen molar-refractivity contribution in [3.05, 3.63) is 70.2 Å². The van der Waals surface area contributed by atoms with E-state index < -0.39 is 0 Å². The third-order valence-corrected chi connectivity index (χ3v) is 5.10. The third-order valence-electron chi connectivity index (χ3n) is 4.38. The van der Waals surface area contributed by atoms with Crippen LogP contribution < -0.4 is 5.43 Å². The molecule has 1 N–H and O–H groups in total. The van der Waals surface area contributed by atoms with Crippen LogP contribution in [-0.4, -0.2) is 54.6 Å². The average Bonchev–Trinajstić information content (AvgIpc) is 2.66. The second-order valence-corrected chi connectivity index (χ2v) is 7.21. The summed E-state index contributed by atoms with van der Waals surface area (Å²) in [6, 6.07) is 18.3. The van der Waals surface area contributed by atoms with Crippen molar-refractivity contribution in [3.63, 3.8) is 0 Å². The molecule has 1 fully saturated rings. The summed E-state index contributed by atoms with van der Waals surface area (Å²) in [5.74, 6) is -0.0789. The summed E-state index contributed by atoms with van der Waals surface area (Å²) >= 11 is 3.46. The van der Waals surface area contributed by atoms with E-state index in [0.717, 1.165) is 42.8 Å². The molecule has 6 heteroatoms.